The molecule has 0 saturated carbocycles. The second-order valence-electron chi connectivity index (χ2n) is 3.15. The highest BCUT2D eigenvalue weighted by Gasteiger charge is 2.16. The summed E-state index contributed by atoms with van der Waals surface area (Å²) in [6.07, 6.45) is 0. The molecular formula is C10H12ClN. The van der Waals surface area contributed by atoms with E-state index in [9.17, 15) is 0 Å². The highest BCUT2D eigenvalue weighted by Crippen LogP contribution is 2.23. The molecule has 1 rings (SSSR count). The van der Waals surface area contributed by atoms with Crippen molar-refractivity contribution >= 4 is 17.3 Å². The molecule has 0 unspecified atom stereocenters. The average Bonchev–Trinajstić information content (AvgIpc) is 2.06. The van der Waals surface area contributed by atoms with E-state index in [1.165, 1.54) is 11.2 Å². The van der Waals surface area contributed by atoms with Crippen molar-refractivity contribution < 1.29 is 0 Å². The van der Waals surface area contributed by atoms with Crippen molar-refractivity contribution in [3.63, 3.8) is 0 Å². The topological polar surface area (TPSA) is 12.4 Å². The zero-order valence-corrected chi connectivity index (χ0v) is 8.05. The highest BCUT2D eigenvalue weighted by atomic mass is 35.5. The Morgan fingerprint density at radius 1 is 1.25 bits per heavy atom. The van der Waals surface area contributed by atoms with E-state index in [0.717, 1.165) is 0 Å². The van der Waals surface area contributed by atoms with E-state index in [2.05, 4.69) is 4.99 Å². The van der Waals surface area contributed by atoms with Gasteiger partial charge in [-0.15, -0.1) is 0 Å². The van der Waals surface area contributed by atoms with Crippen LogP contribution in [0.1, 0.15) is 19.4 Å². The normalized spacial score (nSPS) is 12.2. The molecule has 1 nitrogen and oxygen atoms in total. The first-order valence-corrected chi connectivity index (χ1v) is 4.30. The number of benzene rings is 1. The maximum Gasteiger partial charge on any atom is 0.0881 e. The summed E-state index contributed by atoms with van der Waals surface area (Å²) in [6, 6.07) is 10.1. The zero-order valence-electron chi connectivity index (χ0n) is 7.29. The Labute approximate surface area is 78.1 Å². The van der Waals surface area contributed by atoms with Crippen LogP contribution in [0, 0.1) is 0 Å². The lowest BCUT2D eigenvalue weighted by Crippen LogP contribution is -2.12. The molecule has 0 aliphatic carbocycles. The van der Waals surface area contributed by atoms with Crippen molar-refractivity contribution in [1.82, 2.24) is 0 Å². The van der Waals surface area contributed by atoms with Gasteiger partial charge in [0.05, 0.1) is 11.2 Å². The van der Waals surface area contributed by atoms with Crippen LogP contribution in [-0.2, 0) is 5.54 Å². The highest BCUT2D eigenvalue weighted by molar-refractivity contribution is 6.56. The first-order valence-electron chi connectivity index (χ1n) is 3.86. The van der Waals surface area contributed by atoms with E-state index >= 15 is 0 Å². The maximum atomic E-state index is 5.44. The lowest BCUT2D eigenvalue weighted by Gasteiger charge is -2.19. The van der Waals surface area contributed by atoms with Gasteiger partial charge in [-0.3, -0.25) is 4.99 Å². The average molecular weight is 182 g/mol. The standard InChI is InChI=1S/C10H12ClN/c1-10(2,12-8-11)9-6-4-3-5-7-9/h3-8H,1-2H3. The Kier molecular flexibility index (Phi) is 2.88. The maximum absolute atomic E-state index is 5.44. The van der Waals surface area contributed by atoms with Gasteiger partial charge in [0.1, 0.15) is 0 Å². The Morgan fingerprint density at radius 3 is 2.33 bits per heavy atom. The molecule has 0 N–H and O–H groups in total. The van der Waals surface area contributed by atoms with E-state index in [-0.39, 0.29) is 5.54 Å². The minimum atomic E-state index is -0.219. The number of rotatable bonds is 2. The largest absolute Gasteiger partial charge is 0.270 e. The molecule has 0 fully saturated rings. The smallest absolute Gasteiger partial charge is 0.0881 e. The molecule has 0 radical (unpaired) electrons. The van der Waals surface area contributed by atoms with Crippen molar-refractivity contribution in [2.24, 2.45) is 4.99 Å². The molecule has 1 aromatic rings. The molecule has 0 amide bonds. The third kappa shape index (κ3) is 2.08. The Hall–Kier alpha value is -0.820. The molecule has 12 heavy (non-hydrogen) atoms. The van der Waals surface area contributed by atoms with Gasteiger partial charge in [-0.1, -0.05) is 41.9 Å². The van der Waals surface area contributed by atoms with Crippen LogP contribution in [0.25, 0.3) is 0 Å². The molecule has 0 spiro atoms. The predicted molar refractivity (Wildman–Crippen MR) is 53.8 cm³/mol. The molecule has 0 heterocycles. The van der Waals surface area contributed by atoms with Gasteiger partial charge in [0.25, 0.3) is 0 Å². The van der Waals surface area contributed by atoms with Gasteiger partial charge in [0.2, 0.25) is 0 Å². The molecule has 64 valence electrons. The van der Waals surface area contributed by atoms with Crippen LogP contribution in [0.5, 0.6) is 0 Å². The second-order valence-corrected chi connectivity index (χ2v) is 3.35. The number of aliphatic imine (C=N–C) groups is 1. The number of nitrogens with zero attached hydrogens (tertiary/aromatic N) is 1. The Bertz CT molecular complexity index is 264. The van der Waals surface area contributed by atoms with Crippen molar-refractivity contribution in [2.75, 3.05) is 0 Å². The summed E-state index contributed by atoms with van der Waals surface area (Å²) in [7, 11) is 0. The summed E-state index contributed by atoms with van der Waals surface area (Å²) in [5.41, 5.74) is 2.28. The molecule has 0 bridgehead atoms. The molecule has 2 heteroatoms. The van der Waals surface area contributed by atoms with E-state index in [1.54, 1.807) is 0 Å². The predicted octanol–water partition coefficient (Wildman–Crippen LogP) is 3.19. The van der Waals surface area contributed by atoms with Crippen LogP contribution in [0.15, 0.2) is 35.3 Å². The Morgan fingerprint density at radius 2 is 1.83 bits per heavy atom. The van der Waals surface area contributed by atoms with Gasteiger partial charge in [-0.2, -0.15) is 0 Å². The Balaban J connectivity index is 2.97. The van der Waals surface area contributed by atoms with Crippen molar-refractivity contribution in [3.05, 3.63) is 35.9 Å². The second kappa shape index (κ2) is 3.72. The van der Waals surface area contributed by atoms with E-state index in [1.807, 2.05) is 44.2 Å². The SMILES string of the molecule is CC(C)(N=CCl)c1ccccc1. The molecule has 0 aromatic heterocycles. The van der Waals surface area contributed by atoms with Crippen LogP contribution in [-0.4, -0.2) is 5.67 Å². The minimum Gasteiger partial charge on any atom is -0.270 e. The van der Waals surface area contributed by atoms with Gasteiger partial charge < -0.3 is 0 Å². The van der Waals surface area contributed by atoms with E-state index in [4.69, 9.17) is 11.6 Å². The first kappa shape index (κ1) is 9.27. The van der Waals surface area contributed by atoms with Gasteiger partial charge >= 0.3 is 0 Å². The molecular weight excluding hydrogens is 170 g/mol. The van der Waals surface area contributed by atoms with Crippen LogP contribution in [0.4, 0.5) is 0 Å². The van der Waals surface area contributed by atoms with Crippen LogP contribution in [0.2, 0.25) is 0 Å². The fourth-order valence-corrected chi connectivity index (χ4v) is 1.29. The lowest BCUT2D eigenvalue weighted by atomic mass is 9.95. The fraction of sp³-hybridized carbons (Fsp3) is 0.300. The molecule has 0 aliphatic rings. The third-order valence-electron chi connectivity index (χ3n) is 1.85. The minimum absolute atomic E-state index is 0.219. The van der Waals surface area contributed by atoms with E-state index < -0.39 is 0 Å². The lowest BCUT2D eigenvalue weighted by molar-refractivity contribution is 0.562. The summed E-state index contributed by atoms with van der Waals surface area (Å²) in [6.45, 7) is 4.06. The summed E-state index contributed by atoms with van der Waals surface area (Å²) in [4.78, 5) is 4.17. The summed E-state index contributed by atoms with van der Waals surface area (Å²) >= 11 is 5.44. The van der Waals surface area contributed by atoms with Crippen molar-refractivity contribution in [2.45, 2.75) is 19.4 Å². The zero-order chi connectivity index (χ0) is 9.03. The van der Waals surface area contributed by atoms with Crippen molar-refractivity contribution in [3.8, 4) is 0 Å². The summed E-state index contributed by atoms with van der Waals surface area (Å²) in [5.74, 6) is 0. The number of halogens is 1. The number of hydrogen-bond donors (Lipinski definition) is 0. The van der Waals surface area contributed by atoms with E-state index in [0.29, 0.717) is 0 Å². The van der Waals surface area contributed by atoms with Crippen LogP contribution >= 0.6 is 11.6 Å². The van der Waals surface area contributed by atoms with Crippen molar-refractivity contribution in [1.29, 1.82) is 0 Å². The van der Waals surface area contributed by atoms with Gasteiger partial charge in [0, 0.05) is 0 Å². The van der Waals surface area contributed by atoms with Crippen LogP contribution in [0.3, 0.4) is 0 Å². The summed E-state index contributed by atoms with van der Waals surface area (Å²) < 4.78 is 0. The van der Waals surface area contributed by atoms with Gasteiger partial charge in [0.15, 0.2) is 0 Å². The number of hydrogen-bond acceptors (Lipinski definition) is 1. The molecule has 0 atom stereocenters. The monoisotopic (exact) mass is 181 g/mol. The third-order valence-corrected chi connectivity index (χ3v) is 1.95. The first-order chi connectivity index (χ1) is 5.67. The van der Waals surface area contributed by atoms with Crippen LogP contribution < -0.4 is 0 Å². The van der Waals surface area contributed by atoms with Gasteiger partial charge in [-0.25, -0.2) is 0 Å². The summed E-state index contributed by atoms with van der Waals surface area (Å²) in [5, 5.41) is 0. The fourth-order valence-electron chi connectivity index (χ4n) is 1.04. The molecule has 1 aromatic carbocycles. The molecule has 0 saturated heterocycles. The molecule has 0 aliphatic heterocycles. The van der Waals surface area contributed by atoms with Gasteiger partial charge in [-0.05, 0) is 19.4 Å². The quantitative estimate of drug-likeness (QED) is 0.622.